The van der Waals surface area contributed by atoms with Crippen molar-refractivity contribution in [3.63, 3.8) is 0 Å². The Morgan fingerprint density at radius 2 is 1.81 bits per heavy atom. The van der Waals surface area contributed by atoms with Crippen molar-refractivity contribution in [2.24, 2.45) is 4.99 Å². The van der Waals surface area contributed by atoms with Gasteiger partial charge in [0.25, 0.3) is 0 Å². The zero-order valence-corrected chi connectivity index (χ0v) is 15.9. The van der Waals surface area contributed by atoms with Crippen LogP contribution in [0.3, 0.4) is 0 Å². The number of rotatable bonds is 8. The molecule has 1 N–H and O–H groups in total. The van der Waals surface area contributed by atoms with Crippen LogP contribution in [0.25, 0.3) is 21.9 Å². The van der Waals surface area contributed by atoms with Crippen molar-refractivity contribution in [3.8, 4) is 0 Å². The van der Waals surface area contributed by atoms with Crippen molar-refractivity contribution < 1.29 is 0 Å². The third kappa shape index (κ3) is 3.80. The van der Waals surface area contributed by atoms with E-state index in [1.807, 2.05) is 24.5 Å². The third-order valence-corrected chi connectivity index (χ3v) is 5.06. The van der Waals surface area contributed by atoms with E-state index in [9.17, 15) is 0 Å². The molecule has 0 aliphatic heterocycles. The Labute approximate surface area is 160 Å². The number of benzene rings is 2. The van der Waals surface area contributed by atoms with Gasteiger partial charge in [0, 0.05) is 35.4 Å². The van der Waals surface area contributed by atoms with Gasteiger partial charge in [-0.3, -0.25) is 0 Å². The Morgan fingerprint density at radius 1 is 1.00 bits per heavy atom. The molecule has 0 saturated carbocycles. The highest BCUT2D eigenvalue weighted by molar-refractivity contribution is 5.99. The smallest absolute Gasteiger partial charge is 0.230 e. The molecule has 4 aromatic rings. The van der Waals surface area contributed by atoms with Gasteiger partial charge >= 0.3 is 0 Å². The summed E-state index contributed by atoms with van der Waals surface area (Å²) in [6.07, 6.45) is 10.2. The minimum Gasteiger partial charge on any atom is -0.361 e. The van der Waals surface area contributed by atoms with Crippen LogP contribution in [-0.2, 0) is 6.54 Å². The molecular weight excluding hydrogens is 332 g/mol. The van der Waals surface area contributed by atoms with Crippen molar-refractivity contribution in [1.82, 2.24) is 14.5 Å². The number of aromatic nitrogens is 3. The van der Waals surface area contributed by atoms with E-state index in [0.29, 0.717) is 0 Å². The van der Waals surface area contributed by atoms with E-state index in [4.69, 9.17) is 9.98 Å². The monoisotopic (exact) mass is 358 g/mol. The summed E-state index contributed by atoms with van der Waals surface area (Å²) in [6, 6.07) is 16.6. The number of nitrogens with one attached hydrogen (secondary N) is 1. The van der Waals surface area contributed by atoms with Crippen LogP contribution in [0.4, 0.5) is 5.95 Å². The first-order chi connectivity index (χ1) is 13.4. The standard InChI is InChI=1S/C23H26N4/c1-2-3-4-5-10-15-27-22-14-9-8-13-21(22)26-23(27)25-17-18-16-24-20-12-7-6-11-19(18)20/h6-9,11-14,16-17,24H,2-5,10,15H2,1H3/b25-17+. The fraction of sp³-hybridized carbons (Fsp3) is 0.304. The third-order valence-electron chi connectivity index (χ3n) is 5.06. The summed E-state index contributed by atoms with van der Waals surface area (Å²) < 4.78 is 2.26. The van der Waals surface area contributed by atoms with E-state index in [-0.39, 0.29) is 0 Å². The van der Waals surface area contributed by atoms with Crippen LogP contribution in [0.5, 0.6) is 0 Å². The van der Waals surface area contributed by atoms with E-state index in [1.165, 1.54) is 36.6 Å². The molecule has 0 spiro atoms. The van der Waals surface area contributed by atoms with Gasteiger partial charge in [0.15, 0.2) is 0 Å². The molecular formula is C23H26N4. The van der Waals surface area contributed by atoms with Crippen molar-refractivity contribution in [2.45, 2.75) is 45.6 Å². The SMILES string of the molecule is CCCCCCCn1c(/N=C/c2c[nH]c3ccccc23)nc2ccccc21. The number of fused-ring (bicyclic) bond motifs is 2. The minimum atomic E-state index is 0.789. The quantitative estimate of drug-likeness (QED) is 0.294. The van der Waals surface area contributed by atoms with Gasteiger partial charge in [0.1, 0.15) is 0 Å². The van der Waals surface area contributed by atoms with Gasteiger partial charge in [-0.2, -0.15) is 0 Å². The van der Waals surface area contributed by atoms with Gasteiger partial charge in [0.2, 0.25) is 5.95 Å². The maximum absolute atomic E-state index is 4.76. The number of hydrogen-bond acceptors (Lipinski definition) is 2. The first-order valence-corrected chi connectivity index (χ1v) is 9.92. The molecule has 0 radical (unpaired) electrons. The van der Waals surface area contributed by atoms with E-state index < -0.39 is 0 Å². The van der Waals surface area contributed by atoms with Crippen LogP contribution in [0.1, 0.15) is 44.6 Å². The lowest BCUT2D eigenvalue weighted by Gasteiger charge is -2.06. The minimum absolute atomic E-state index is 0.789. The Hall–Kier alpha value is -2.88. The summed E-state index contributed by atoms with van der Waals surface area (Å²) in [7, 11) is 0. The highest BCUT2D eigenvalue weighted by Crippen LogP contribution is 2.23. The van der Waals surface area contributed by atoms with Crippen LogP contribution < -0.4 is 0 Å². The highest BCUT2D eigenvalue weighted by Gasteiger charge is 2.09. The molecule has 4 rings (SSSR count). The molecule has 138 valence electrons. The average Bonchev–Trinajstić information content (AvgIpc) is 3.27. The zero-order valence-electron chi connectivity index (χ0n) is 15.9. The fourth-order valence-electron chi connectivity index (χ4n) is 3.58. The number of aliphatic imine (C=N–C) groups is 1. The number of para-hydroxylation sites is 3. The van der Waals surface area contributed by atoms with Crippen LogP contribution >= 0.6 is 0 Å². The number of hydrogen-bond donors (Lipinski definition) is 1. The topological polar surface area (TPSA) is 46.0 Å². The van der Waals surface area contributed by atoms with E-state index in [1.54, 1.807) is 0 Å². The van der Waals surface area contributed by atoms with Gasteiger partial charge in [-0.15, -0.1) is 0 Å². The van der Waals surface area contributed by atoms with Crippen molar-refractivity contribution in [3.05, 3.63) is 60.3 Å². The van der Waals surface area contributed by atoms with Crippen molar-refractivity contribution in [1.29, 1.82) is 0 Å². The summed E-state index contributed by atoms with van der Waals surface area (Å²) in [4.78, 5) is 12.8. The fourth-order valence-corrected chi connectivity index (χ4v) is 3.58. The molecule has 2 aromatic heterocycles. The first kappa shape index (κ1) is 17.5. The Kier molecular flexibility index (Phi) is 5.33. The van der Waals surface area contributed by atoms with Gasteiger partial charge in [-0.05, 0) is 24.6 Å². The molecule has 4 nitrogen and oxygen atoms in total. The molecule has 27 heavy (non-hydrogen) atoms. The van der Waals surface area contributed by atoms with Gasteiger partial charge in [0.05, 0.1) is 11.0 Å². The Balaban J connectivity index is 1.61. The molecule has 0 fully saturated rings. The van der Waals surface area contributed by atoms with Crippen LogP contribution in [0.15, 0.2) is 59.7 Å². The molecule has 0 unspecified atom stereocenters. The van der Waals surface area contributed by atoms with Crippen molar-refractivity contribution >= 4 is 34.1 Å². The molecule has 0 amide bonds. The summed E-state index contributed by atoms with van der Waals surface area (Å²) >= 11 is 0. The van der Waals surface area contributed by atoms with Gasteiger partial charge in [-0.1, -0.05) is 62.9 Å². The molecule has 2 aromatic carbocycles. The normalized spacial score (nSPS) is 11.9. The lowest BCUT2D eigenvalue weighted by Crippen LogP contribution is -1.98. The lowest BCUT2D eigenvalue weighted by molar-refractivity contribution is 0.577. The highest BCUT2D eigenvalue weighted by atomic mass is 15.2. The molecule has 0 bridgehead atoms. The van der Waals surface area contributed by atoms with Gasteiger partial charge in [-0.25, -0.2) is 9.98 Å². The van der Waals surface area contributed by atoms with Crippen LogP contribution in [0, 0.1) is 0 Å². The maximum atomic E-state index is 4.76. The number of aryl methyl sites for hydroxylation is 1. The maximum Gasteiger partial charge on any atom is 0.230 e. The summed E-state index contributed by atoms with van der Waals surface area (Å²) in [6.45, 7) is 3.21. The van der Waals surface area contributed by atoms with Crippen LogP contribution in [0.2, 0.25) is 0 Å². The molecule has 0 aliphatic carbocycles. The summed E-state index contributed by atoms with van der Waals surface area (Å²) in [5.41, 5.74) is 4.40. The lowest BCUT2D eigenvalue weighted by atomic mass is 10.1. The summed E-state index contributed by atoms with van der Waals surface area (Å²) in [5.74, 6) is 0.789. The second-order valence-corrected chi connectivity index (χ2v) is 7.01. The Morgan fingerprint density at radius 3 is 2.74 bits per heavy atom. The average molecular weight is 358 g/mol. The molecule has 2 heterocycles. The molecule has 0 aliphatic rings. The predicted octanol–water partition coefficient (Wildman–Crippen LogP) is 6.24. The second-order valence-electron chi connectivity index (χ2n) is 7.01. The van der Waals surface area contributed by atoms with E-state index >= 15 is 0 Å². The van der Waals surface area contributed by atoms with Crippen molar-refractivity contribution in [2.75, 3.05) is 0 Å². The van der Waals surface area contributed by atoms with Crippen LogP contribution in [-0.4, -0.2) is 20.7 Å². The summed E-state index contributed by atoms with van der Waals surface area (Å²) in [5, 5.41) is 1.18. The molecule has 4 heteroatoms. The number of unbranched alkanes of at least 4 members (excludes halogenated alkanes) is 4. The van der Waals surface area contributed by atoms with E-state index in [0.717, 1.165) is 35.5 Å². The predicted molar refractivity (Wildman–Crippen MR) is 114 cm³/mol. The first-order valence-electron chi connectivity index (χ1n) is 9.92. The second kappa shape index (κ2) is 8.21. The Bertz CT molecular complexity index is 1050. The number of aromatic amines is 1. The molecule has 0 saturated heterocycles. The number of imidazole rings is 1. The number of nitrogens with zero attached hydrogens (tertiary/aromatic N) is 3. The van der Waals surface area contributed by atoms with E-state index in [2.05, 4.69) is 52.9 Å². The molecule has 0 atom stereocenters. The number of H-pyrrole nitrogens is 1. The van der Waals surface area contributed by atoms with Gasteiger partial charge < -0.3 is 9.55 Å². The zero-order chi connectivity index (χ0) is 18.5. The largest absolute Gasteiger partial charge is 0.361 e.